The fraction of sp³-hybridized carbons (Fsp3) is 0.333. The molecule has 1 heterocycles. The van der Waals surface area contributed by atoms with E-state index in [2.05, 4.69) is 22.4 Å². The molecule has 0 amide bonds. The lowest BCUT2D eigenvalue weighted by atomic mass is 10.2. The van der Waals surface area contributed by atoms with Crippen LogP contribution >= 0.6 is 11.3 Å². The first-order valence-electron chi connectivity index (χ1n) is 7.22. The fourth-order valence-corrected chi connectivity index (χ4v) is 2.35. The van der Waals surface area contributed by atoms with E-state index in [9.17, 15) is 8.78 Å². The molecule has 0 aliphatic heterocycles. The van der Waals surface area contributed by atoms with Crippen molar-refractivity contribution in [2.45, 2.75) is 26.2 Å². The number of benzene rings is 1. The first kappa shape index (κ1) is 17.1. The minimum Gasteiger partial charge on any atom is -0.490 e. The Morgan fingerprint density at radius 1 is 1.39 bits per heavy atom. The maximum absolute atomic E-state index is 13.7. The van der Waals surface area contributed by atoms with Crippen molar-refractivity contribution < 1.29 is 13.5 Å². The quantitative estimate of drug-likeness (QED) is 0.432. The summed E-state index contributed by atoms with van der Waals surface area (Å²) in [5.41, 5.74) is 8.53. The van der Waals surface area contributed by atoms with E-state index in [1.165, 1.54) is 23.6 Å². The Kier molecular flexibility index (Phi) is 6.28. The van der Waals surface area contributed by atoms with Crippen LogP contribution in [0, 0.1) is 11.6 Å². The van der Waals surface area contributed by atoms with Crippen LogP contribution in [0.1, 0.15) is 31.7 Å². The molecule has 2 aromatic rings. The van der Waals surface area contributed by atoms with E-state index in [-0.39, 0.29) is 5.75 Å². The van der Waals surface area contributed by atoms with Crippen molar-refractivity contribution in [2.24, 2.45) is 5.10 Å². The Hall–Kier alpha value is -2.22. The van der Waals surface area contributed by atoms with Gasteiger partial charge in [0.05, 0.1) is 12.8 Å². The topological polar surface area (TPSA) is 72.5 Å². The van der Waals surface area contributed by atoms with E-state index < -0.39 is 11.6 Å². The molecule has 0 bridgehead atoms. The van der Waals surface area contributed by atoms with Crippen molar-refractivity contribution in [1.82, 2.24) is 4.98 Å². The molecule has 1 aromatic carbocycles. The van der Waals surface area contributed by atoms with Gasteiger partial charge in [-0.3, -0.25) is 5.43 Å². The molecule has 0 saturated carbocycles. The molecular formula is C15H18F2N4OS. The zero-order chi connectivity index (χ0) is 16.7. The van der Waals surface area contributed by atoms with Gasteiger partial charge in [-0.25, -0.2) is 9.37 Å². The van der Waals surface area contributed by atoms with Gasteiger partial charge in [0, 0.05) is 10.9 Å². The number of nitrogens with zero attached hydrogens (tertiary/aromatic N) is 2. The van der Waals surface area contributed by atoms with Crippen LogP contribution in [0.5, 0.6) is 5.75 Å². The molecule has 0 unspecified atom stereocenters. The number of rotatable bonds is 8. The number of ether oxygens (including phenoxy) is 1. The van der Waals surface area contributed by atoms with Gasteiger partial charge in [0.2, 0.25) is 10.9 Å². The molecule has 0 saturated heterocycles. The standard InChI is InChI=1S/C15H18F2N4OS/c1-2-3-4-5-22-12-7-10(6-11(16)14(12)17)8-19-21-15-20-13(18)9-23-15/h6-9H,2-5,18H2,1H3,(H,20,21). The molecule has 5 nitrogen and oxygen atoms in total. The molecule has 0 fully saturated rings. The third kappa shape index (κ3) is 5.17. The second-order valence-electron chi connectivity index (χ2n) is 4.82. The van der Waals surface area contributed by atoms with Crippen molar-refractivity contribution in [1.29, 1.82) is 0 Å². The second kappa shape index (κ2) is 8.42. The van der Waals surface area contributed by atoms with Gasteiger partial charge in [-0.05, 0) is 18.6 Å². The molecule has 1 aromatic heterocycles. The van der Waals surface area contributed by atoms with Crippen LogP contribution in [0.4, 0.5) is 19.7 Å². The van der Waals surface area contributed by atoms with Crippen LogP contribution in [-0.4, -0.2) is 17.8 Å². The third-order valence-corrected chi connectivity index (χ3v) is 3.68. The van der Waals surface area contributed by atoms with Crippen molar-refractivity contribution >= 4 is 28.5 Å². The molecule has 0 atom stereocenters. The normalized spacial score (nSPS) is 11.1. The van der Waals surface area contributed by atoms with Crippen molar-refractivity contribution in [2.75, 3.05) is 17.8 Å². The number of hydrogen-bond acceptors (Lipinski definition) is 6. The molecule has 8 heteroatoms. The number of hydrogen-bond donors (Lipinski definition) is 2. The van der Waals surface area contributed by atoms with Gasteiger partial charge in [0.1, 0.15) is 5.82 Å². The number of halogens is 2. The van der Waals surface area contributed by atoms with Gasteiger partial charge < -0.3 is 10.5 Å². The lowest BCUT2D eigenvalue weighted by molar-refractivity contribution is 0.286. The summed E-state index contributed by atoms with van der Waals surface area (Å²) < 4.78 is 32.6. The van der Waals surface area contributed by atoms with Gasteiger partial charge in [0.15, 0.2) is 11.6 Å². The summed E-state index contributed by atoms with van der Waals surface area (Å²) >= 11 is 1.29. The summed E-state index contributed by atoms with van der Waals surface area (Å²) in [5.74, 6) is -1.68. The van der Waals surface area contributed by atoms with Crippen LogP contribution in [0.3, 0.4) is 0 Å². The van der Waals surface area contributed by atoms with Crippen molar-refractivity contribution in [3.8, 4) is 5.75 Å². The predicted octanol–water partition coefficient (Wildman–Crippen LogP) is 4.02. The number of nitrogens with one attached hydrogen (secondary N) is 1. The largest absolute Gasteiger partial charge is 0.490 e. The van der Waals surface area contributed by atoms with Crippen LogP contribution in [0.25, 0.3) is 0 Å². The molecule has 0 radical (unpaired) electrons. The maximum Gasteiger partial charge on any atom is 0.205 e. The Bertz CT molecular complexity index is 675. The summed E-state index contributed by atoms with van der Waals surface area (Å²) in [6, 6.07) is 2.46. The van der Waals surface area contributed by atoms with Gasteiger partial charge in [0.25, 0.3) is 0 Å². The van der Waals surface area contributed by atoms with E-state index in [0.717, 1.165) is 25.3 Å². The van der Waals surface area contributed by atoms with E-state index in [1.807, 2.05) is 0 Å². The van der Waals surface area contributed by atoms with E-state index >= 15 is 0 Å². The van der Waals surface area contributed by atoms with Crippen LogP contribution in [0.15, 0.2) is 22.6 Å². The Morgan fingerprint density at radius 2 is 2.22 bits per heavy atom. The predicted molar refractivity (Wildman–Crippen MR) is 89.1 cm³/mol. The number of aromatic nitrogens is 1. The zero-order valence-electron chi connectivity index (χ0n) is 12.7. The van der Waals surface area contributed by atoms with Crippen LogP contribution < -0.4 is 15.9 Å². The highest BCUT2D eigenvalue weighted by Crippen LogP contribution is 2.22. The lowest BCUT2D eigenvalue weighted by Crippen LogP contribution is -2.02. The average molecular weight is 340 g/mol. The summed E-state index contributed by atoms with van der Waals surface area (Å²) in [6.45, 7) is 2.40. The highest BCUT2D eigenvalue weighted by Gasteiger charge is 2.11. The summed E-state index contributed by atoms with van der Waals surface area (Å²) in [5, 5.41) is 6.10. The molecule has 0 aliphatic rings. The minimum atomic E-state index is -0.987. The smallest absolute Gasteiger partial charge is 0.205 e. The average Bonchev–Trinajstić information content (AvgIpc) is 2.93. The Labute approximate surface area is 137 Å². The van der Waals surface area contributed by atoms with Gasteiger partial charge in [-0.1, -0.05) is 19.8 Å². The maximum atomic E-state index is 13.7. The van der Waals surface area contributed by atoms with Gasteiger partial charge in [-0.15, -0.1) is 11.3 Å². The highest BCUT2D eigenvalue weighted by atomic mass is 32.1. The summed E-state index contributed by atoms with van der Waals surface area (Å²) in [6.07, 6.45) is 4.16. The SMILES string of the molecule is CCCCCOc1cc(C=NNc2nc(N)cs2)cc(F)c1F. The van der Waals surface area contributed by atoms with Crippen LogP contribution in [0.2, 0.25) is 0 Å². The molecule has 0 aliphatic carbocycles. The Balaban J connectivity index is 2.02. The summed E-state index contributed by atoms with van der Waals surface area (Å²) in [4.78, 5) is 3.96. The number of anilines is 2. The van der Waals surface area contributed by atoms with Crippen molar-refractivity contribution in [3.05, 3.63) is 34.7 Å². The van der Waals surface area contributed by atoms with E-state index in [4.69, 9.17) is 10.5 Å². The Morgan fingerprint density at radius 3 is 2.91 bits per heavy atom. The lowest BCUT2D eigenvalue weighted by Gasteiger charge is -2.08. The monoisotopic (exact) mass is 340 g/mol. The minimum absolute atomic E-state index is 0.110. The van der Waals surface area contributed by atoms with Crippen LogP contribution in [-0.2, 0) is 0 Å². The first-order chi connectivity index (χ1) is 11.1. The number of nitrogen functional groups attached to an aromatic ring is 1. The summed E-state index contributed by atoms with van der Waals surface area (Å²) in [7, 11) is 0. The molecule has 23 heavy (non-hydrogen) atoms. The molecular weight excluding hydrogens is 322 g/mol. The number of hydrazone groups is 1. The van der Waals surface area contributed by atoms with Crippen molar-refractivity contribution in [3.63, 3.8) is 0 Å². The number of unbranched alkanes of at least 4 members (excludes halogenated alkanes) is 2. The zero-order valence-corrected chi connectivity index (χ0v) is 13.5. The molecule has 2 rings (SSSR count). The highest BCUT2D eigenvalue weighted by molar-refractivity contribution is 7.14. The molecule has 3 N–H and O–H groups in total. The first-order valence-corrected chi connectivity index (χ1v) is 8.10. The van der Waals surface area contributed by atoms with E-state index in [0.29, 0.717) is 23.1 Å². The number of thiazole rings is 1. The second-order valence-corrected chi connectivity index (χ2v) is 5.68. The molecule has 124 valence electrons. The van der Waals surface area contributed by atoms with Gasteiger partial charge >= 0.3 is 0 Å². The fourth-order valence-electron chi connectivity index (χ4n) is 1.80. The van der Waals surface area contributed by atoms with Gasteiger partial charge in [-0.2, -0.15) is 9.49 Å². The number of nitrogens with two attached hydrogens (primary N) is 1. The van der Waals surface area contributed by atoms with E-state index in [1.54, 1.807) is 5.38 Å². The third-order valence-electron chi connectivity index (χ3n) is 2.92. The molecule has 0 spiro atoms.